The van der Waals surface area contributed by atoms with Crippen LogP contribution in [0, 0.1) is 5.92 Å². The highest BCUT2D eigenvalue weighted by Gasteiger charge is 1.99. The Labute approximate surface area is 88.8 Å². The fourth-order valence-electron chi connectivity index (χ4n) is 1.12. The first-order valence-electron chi connectivity index (χ1n) is 5.58. The van der Waals surface area contributed by atoms with Crippen LogP contribution in [0.25, 0.3) is 0 Å². The zero-order valence-electron chi connectivity index (χ0n) is 10.2. The maximum atomic E-state index is 5.01. The quantitative estimate of drug-likeness (QED) is 0.569. The highest BCUT2D eigenvalue weighted by Crippen LogP contribution is 1.96. The number of methoxy groups -OCH3 is 1. The van der Waals surface area contributed by atoms with Crippen LogP contribution in [0.5, 0.6) is 0 Å². The van der Waals surface area contributed by atoms with Crippen LogP contribution in [0.2, 0.25) is 0 Å². The molecular weight excluding hydrogens is 176 g/mol. The van der Waals surface area contributed by atoms with Gasteiger partial charge in [0.15, 0.2) is 0 Å². The molecule has 14 heavy (non-hydrogen) atoms. The molecule has 0 aromatic carbocycles. The van der Waals surface area contributed by atoms with Crippen molar-refractivity contribution in [1.29, 1.82) is 0 Å². The molecule has 0 radical (unpaired) electrons. The summed E-state index contributed by atoms with van der Waals surface area (Å²) in [5.74, 6) is 0.791. The Morgan fingerprint density at radius 2 is 2.07 bits per heavy atom. The normalized spacial score (nSPS) is 13.5. The smallest absolute Gasteiger partial charge is 0.0589 e. The average molecular weight is 202 g/mol. The molecule has 0 aliphatic carbocycles. The van der Waals surface area contributed by atoms with E-state index in [0.717, 1.165) is 38.7 Å². The van der Waals surface area contributed by atoms with E-state index in [-0.39, 0.29) is 0 Å². The van der Waals surface area contributed by atoms with Gasteiger partial charge >= 0.3 is 0 Å². The van der Waals surface area contributed by atoms with Gasteiger partial charge in [-0.2, -0.15) is 0 Å². The molecule has 0 spiro atoms. The molecule has 1 atom stereocenters. The molecule has 0 aromatic rings. The van der Waals surface area contributed by atoms with Crippen LogP contribution in [0.3, 0.4) is 0 Å². The monoisotopic (exact) mass is 202 g/mol. The molecule has 3 heteroatoms. The lowest BCUT2D eigenvalue weighted by molar-refractivity contribution is 0.161. The SMILES string of the molecule is CCC(C)CNCCN(C)CCOC. The molecule has 0 rings (SSSR count). The second-order valence-corrected chi connectivity index (χ2v) is 4.01. The number of nitrogens with one attached hydrogen (secondary N) is 1. The molecular formula is C11H26N2O. The summed E-state index contributed by atoms with van der Waals surface area (Å²) in [4.78, 5) is 2.28. The van der Waals surface area contributed by atoms with Crippen molar-refractivity contribution in [3.8, 4) is 0 Å². The first kappa shape index (κ1) is 13.9. The largest absolute Gasteiger partial charge is 0.383 e. The Morgan fingerprint density at radius 3 is 2.64 bits per heavy atom. The van der Waals surface area contributed by atoms with E-state index >= 15 is 0 Å². The Hall–Kier alpha value is -0.120. The van der Waals surface area contributed by atoms with Crippen molar-refractivity contribution < 1.29 is 4.74 Å². The Bertz CT molecular complexity index is 120. The summed E-state index contributed by atoms with van der Waals surface area (Å²) in [5.41, 5.74) is 0. The average Bonchev–Trinajstić information content (AvgIpc) is 2.21. The third kappa shape index (κ3) is 8.48. The molecule has 0 fully saturated rings. The zero-order valence-corrected chi connectivity index (χ0v) is 10.2. The lowest BCUT2D eigenvalue weighted by Crippen LogP contribution is -2.33. The van der Waals surface area contributed by atoms with E-state index in [4.69, 9.17) is 4.74 Å². The number of ether oxygens (including phenoxy) is 1. The third-order valence-electron chi connectivity index (χ3n) is 2.54. The van der Waals surface area contributed by atoms with Gasteiger partial charge < -0.3 is 15.0 Å². The number of rotatable bonds is 9. The molecule has 1 N–H and O–H groups in total. The molecule has 0 saturated carbocycles. The third-order valence-corrected chi connectivity index (χ3v) is 2.54. The molecule has 0 heterocycles. The second-order valence-electron chi connectivity index (χ2n) is 4.01. The van der Waals surface area contributed by atoms with Crippen molar-refractivity contribution >= 4 is 0 Å². The van der Waals surface area contributed by atoms with E-state index in [1.54, 1.807) is 7.11 Å². The summed E-state index contributed by atoms with van der Waals surface area (Å²) in [5, 5.41) is 3.46. The minimum atomic E-state index is 0.791. The summed E-state index contributed by atoms with van der Waals surface area (Å²) < 4.78 is 5.01. The first-order chi connectivity index (χ1) is 6.70. The van der Waals surface area contributed by atoms with Crippen molar-refractivity contribution in [2.45, 2.75) is 20.3 Å². The number of nitrogens with zero attached hydrogens (tertiary/aromatic N) is 1. The maximum Gasteiger partial charge on any atom is 0.0589 e. The van der Waals surface area contributed by atoms with Crippen molar-refractivity contribution in [3.63, 3.8) is 0 Å². The predicted molar refractivity (Wildman–Crippen MR) is 61.7 cm³/mol. The first-order valence-corrected chi connectivity index (χ1v) is 5.58. The summed E-state index contributed by atoms with van der Waals surface area (Å²) in [7, 11) is 3.87. The molecule has 0 aliphatic heterocycles. The number of hydrogen-bond donors (Lipinski definition) is 1. The molecule has 86 valence electrons. The van der Waals surface area contributed by atoms with Gasteiger partial charge in [-0.25, -0.2) is 0 Å². The summed E-state index contributed by atoms with van der Waals surface area (Å²) in [6.07, 6.45) is 1.26. The van der Waals surface area contributed by atoms with Gasteiger partial charge in [0.05, 0.1) is 6.61 Å². The minimum Gasteiger partial charge on any atom is -0.383 e. The molecule has 1 unspecified atom stereocenters. The van der Waals surface area contributed by atoms with E-state index in [1.165, 1.54) is 6.42 Å². The fourth-order valence-corrected chi connectivity index (χ4v) is 1.12. The van der Waals surface area contributed by atoms with E-state index < -0.39 is 0 Å². The van der Waals surface area contributed by atoms with E-state index in [1.807, 2.05) is 0 Å². The molecule has 0 aliphatic rings. The van der Waals surface area contributed by atoms with Gasteiger partial charge in [-0.15, -0.1) is 0 Å². The van der Waals surface area contributed by atoms with E-state index in [2.05, 4.69) is 31.1 Å². The van der Waals surface area contributed by atoms with Crippen molar-refractivity contribution in [1.82, 2.24) is 10.2 Å². The zero-order chi connectivity index (χ0) is 10.8. The lowest BCUT2D eigenvalue weighted by atomic mass is 10.1. The van der Waals surface area contributed by atoms with Crippen LogP contribution in [0.15, 0.2) is 0 Å². The molecule has 3 nitrogen and oxygen atoms in total. The van der Waals surface area contributed by atoms with Crippen LogP contribution < -0.4 is 5.32 Å². The second kappa shape index (κ2) is 9.44. The van der Waals surface area contributed by atoms with Gasteiger partial charge in [-0.05, 0) is 19.5 Å². The molecule has 0 amide bonds. The number of likely N-dealkylation sites (N-methyl/N-ethyl adjacent to an activating group) is 1. The van der Waals surface area contributed by atoms with E-state index in [9.17, 15) is 0 Å². The Balaban J connectivity index is 3.18. The summed E-state index contributed by atoms with van der Waals surface area (Å²) in [6, 6.07) is 0. The van der Waals surface area contributed by atoms with Crippen molar-refractivity contribution in [2.24, 2.45) is 5.92 Å². The van der Waals surface area contributed by atoms with Crippen LogP contribution >= 0.6 is 0 Å². The highest BCUT2D eigenvalue weighted by molar-refractivity contribution is 4.57. The number of hydrogen-bond acceptors (Lipinski definition) is 3. The van der Waals surface area contributed by atoms with Gasteiger partial charge in [-0.1, -0.05) is 20.3 Å². The van der Waals surface area contributed by atoms with Crippen molar-refractivity contribution in [3.05, 3.63) is 0 Å². The summed E-state index contributed by atoms with van der Waals surface area (Å²) in [6.45, 7) is 9.65. The van der Waals surface area contributed by atoms with Gasteiger partial charge in [0.2, 0.25) is 0 Å². The van der Waals surface area contributed by atoms with E-state index in [0.29, 0.717) is 0 Å². The molecule has 0 bridgehead atoms. The van der Waals surface area contributed by atoms with Crippen LogP contribution in [-0.2, 0) is 4.74 Å². The van der Waals surface area contributed by atoms with Gasteiger partial charge in [0.1, 0.15) is 0 Å². The minimum absolute atomic E-state index is 0.791. The van der Waals surface area contributed by atoms with Crippen LogP contribution in [0.4, 0.5) is 0 Å². The topological polar surface area (TPSA) is 24.5 Å². The highest BCUT2D eigenvalue weighted by atomic mass is 16.5. The molecule has 0 aromatic heterocycles. The van der Waals surface area contributed by atoms with Gasteiger partial charge in [-0.3, -0.25) is 0 Å². The maximum absolute atomic E-state index is 5.01. The Morgan fingerprint density at radius 1 is 1.36 bits per heavy atom. The standard InChI is InChI=1S/C11H26N2O/c1-5-11(2)10-12-6-7-13(3)8-9-14-4/h11-12H,5-10H2,1-4H3. The van der Waals surface area contributed by atoms with Gasteiger partial charge in [0, 0.05) is 26.7 Å². The predicted octanol–water partition coefficient (Wildman–Crippen LogP) is 1.20. The fraction of sp³-hybridized carbons (Fsp3) is 1.00. The van der Waals surface area contributed by atoms with Gasteiger partial charge in [0.25, 0.3) is 0 Å². The van der Waals surface area contributed by atoms with Crippen LogP contribution in [-0.4, -0.2) is 51.8 Å². The Kier molecular flexibility index (Phi) is 9.35. The summed E-state index contributed by atoms with van der Waals surface area (Å²) >= 11 is 0. The lowest BCUT2D eigenvalue weighted by Gasteiger charge is -2.17. The van der Waals surface area contributed by atoms with Crippen molar-refractivity contribution in [2.75, 3.05) is 46.9 Å². The molecule has 0 saturated heterocycles. The van der Waals surface area contributed by atoms with Crippen LogP contribution in [0.1, 0.15) is 20.3 Å².